The fourth-order valence-electron chi connectivity index (χ4n) is 3.39. The highest BCUT2D eigenvalue weighted by molar-refractivity contribution is 5.94. The van der Waals surface area contributed by atoms with Crippen LogP contribution in [0.1, 0.15) is 57.8 Å². The molecule has 4 nitrogen and oxygen atoms in total. The largest absolute Gasteiger partial charge is 0.345 e. The fourth-order valence-corrected chi connectivity index (χ4v) is 3.39. The molecule has 27 heavy (non-hydrogen) atoms. The summed E-state index contributed by atoms with van der Waals surface area (Å²) in [5.41, 5.74) is 5.47. The number of hydrogen-bond donors (Lipinski definition) is 1. The Kier molecular flexibility index (Phi) is 5.75. The SMILES string of the molecule is CC[C@H](NC(=O)c1ccc(Cn2ccnc2C)cc1)c1ccc(C)cc1C. The van der Waals surface area contributed by atoms with Gasteiger partial charge in [0.1, 0.15) is 5.82 Å². The minimum Gasteiger partial charge on any atom is -0.345 e. The maximum atomic E-state index is 12.7. The number of carbonyl (C=O) groups excluding carboxylic acids is 1. The Labute approximate surface area is 161 Å². The number of amides is 1. The van der Waals surface area contributed by atoms with E-state index >= 15 is 0 Å². The smallest absolute Gasteiger partial charge is 0.251 e. The molecule has 1 heterocycles. The predicted octanol–water partition coefficient (Wildman–Crippen LogP) is 4.74. The standard InChI is InChI=1S/C23H27N3O/c1-5-22(21-11-6-16(2)14-17(21)3)25-23(27)20-9-7-19(8-10-20)15-26-13-12-24-18(26)4/h6-14,22H,5,15H2,1-4H3,(H,25,27)/t22-/m0/s1. The molecule has 0 bridgehead atoms. The van der Waals surface area contributed by atoms with E-state index < -0.39 is 0 Å². The molecule has 140 valence electrons. The molecule has 1 amide bonds. The number of aromatic nitrogens is 2. The molecule has 1 atom stereocenters. The van der Waals surface area contributed by atoms with E-state index in [9.17, 15) is 4.79 Å². The van der Waals surface area contributed by atoms with Gasteiger partial charge < -0.3 is 9.88 Å². The van der Waals surface area contributed by atoms with Crippen LogP contribution >= 0.6 is 0 Å². The summed E-state index contributed by atoms with van der Waals surface area (Å²) < 4.78 is 2.09. The zero-order chi connectivity index (χ0) is 19.4. The average Bonchev–Trinajstić information content (AvgIpc) is 3.05. The summed E-state index contributed by atoms with van der Waals surface area (Å²) in [7, 11) is 0. The van der Waals surface area contributed by atoms with Gasteiger partial charge in [-0.3, -0.25) is 4.79 Å². The molecule has 0 aliphatic heterocycles. The van der Waals surface area contributed by atoms with E-state index in [-0.39, 0.29) is 11.9 Å². The minimum atomic E-state index is -0.0350. The Hall–Kier alpha value is -2.88. The Morgan fingerprint density at radius 1 is 1.11 bits per heavy atom. The van der Waals surface area contributed by atoms with E-state index in [4.69, 9.17) is 0 Å². The van der Waals surface area contributed by atoms with Gasteiger partial charge in [-0.1, -0.05) is 42.8 Å². The molecule has 0 radical (unpaired) electrons. The van der Waals surface area contributed by atoms with Gasteiger partial charge in [-0.05, 0) is 56.0 Å². The van der Waals surface area contributed by atoms with Crippen LogP contribution in [0.4, 0.5) is 0 Å². The maximum Gasteiger partial charge on any atom is 0.251 e. The lowest BCUT2D eigenvalue weighted by molar-refractivity contribution is 0.0935. The second kappa shape index (κ2) is 8.21. The average molecular weight is 361 g/mol. The number of benzene rings is 2. The molecule has 0 saturated carbocycles. The van der Waals surface area contributed by atoms with Crippen LogP contribution in [-0.2, 0) is 6.54 Å². The third kappa shape index (κ3) is 4.45. The van der Waals surface area contributed by atoms with Gasteiger partial charge in [0.15, 0.2) is 0 Å². The van der Waals surface area contributed by atoms with Crippen LogP contribution < -0.4 is 5.32 Å². The van der Waals surface area contributed by atoms with Gasteiger partial charge in [-0.15, -0.1) is 0 Å². The Balaban J connectivity index is 1.70. The molecular weight excluding hydrogens is 334 g/mol. The summed E-state index contributed by atoms with van der Waals surface area (Å²) >= 11 is 0. The summed E-state index contributed by atoms with van der Waals surface area (Å²) in [5.74, 6) is 0.947. The van der Waals surface area contributed by atoms with Crippen LogP contribution in [0, 0.1) is 20.8 Å². The van der Waals surface area contributed by atoms with Gasteiger partial charge in [0.05, 0.1) is 6.04 Å². The first kappa shape index (κ1) is 18.9. The van der Waals surface area contributed by atoms with Crippen molar-refractivity contribution in [1.82, 2.24) is 14.9 Å². The lowest BCUT2D eigenvalue weighted by Crippen LogP contribution is -2.28. The van der Waals surface area contributed by atoms with Gasteiger partial charge in [-0.25, -0.2) is 4.98 Å². The third-order valence-electron chi connectivity index (χ3n) is 5.01. The minimum absolute atomic E-state index is 0.0198. The van der Waals surface area contributed by atoms with E-state index in [1.165, 1.54) is 16.7 Å². The number of hydrogen-bond acceptors (Lipinski definition) is 2. The van der Waals surface area contributed by atoms with Crippen LogP contribution in [0.5, 0.6) is 0 Å². The molecule has 0 unspecified atom stereocenters. The summed E-state index contributed by atoms with van der Waals surface area (Å²) in [4.78, 5) is 17.0. The molecular formula is C23H27N3O. The molecule has 3 aromatic rings. The normalized spacial score (nSPS) is 12.0. The molecule has 1 N–H and O–H groups in total. The molecule has 0 aliphatic rings. The van der Waals surface area contributed by atoms with E-state index in [0.717, 1.165) is 24.4 Å². The molecule has 0 spiro atoms. The van der Waals surface area contributed by atoms with Crippen LogP contribution in [0.15, 0.2) is 54.9 Å². The van der Waals surface area contributed by atoms with E-state index in [2.05, 4.69) is 53.8 Å². The molecule has 0 saturated heterocycles. The van der Waals surface area contributed by atoms with E-state index in [1.54, 1.807) is 6.20 Å². The molecule has 1 aromatic heterocycles. The number of carbonyl (C=O) groups is 1. The van der Waals surface area contributed by atoms with Gasteiger partial charge in [0.2, 0.25) is 0 Å². The van der Waals surface area contributed by atoms with Gasteiger partial charge in [0, 0.05) is 24.5 Å². The number of nitrogens with one attached hydrogen (secondary N) is 1. The Morgan fingerprint density at radius 3 is 2.44 bits per heavy atom. The number of imidazole rings is 1. The second-order valence-corrected chi connectivity index (χ2v) is 7.09. The molecule has 0 fully saturated rings. The highest BCUT2D eigenvalue weighted by Crippen LogP contribution is 2.22. The number of nitrogens with zero attached hydrogens (tertiary/aromatic N) is 2. The van der Waals surface area contributed by atoms with Crippen molar-refractivity contribution >= 4 is 5.91 Å². The van der Waals surface area contributed by atoms with Gasteiger partial charge in [0.25, 0.3) is 5.91 Å². The third-order valence-corrected chi connectivity index (χ3v) is 5.01. The van der Waals surface area contributed by atoms with Gasteiger partial charge >= 0.3 is 0 Å². The van der Waals surface area contributed by atoms with Crippen LogP contribution in [0.2, 0.25) is 0 Å². The highest BCUT2D eigenvalue weighted by atomic mass is 16.1. The maximum absolute atomic E-state index is 12.7. The van der Waals surface area contributed by atoms with Crippen molar-refractivity contribution in [2.45, 2.75) is 46.7 Å². The summed E-state index contributed by atoms with van der Waals surface area (Å²) in [6.07, 6.45) is 4.62. The quantitative estimate of drug-likeness (QED) is 0.689. The van der Waals surface area contributed by atoms with E-state index in [1.807, 2.05) is 37.4 Å². The molecule has 2 aromatic carbocycles. The molecule has 4 heteroatoms. The van der Waals surface area contributed by atoms with Crippen molar-refractivity contribution in [1.29, 1.82) is 0 Å². The first-order chi connectivity index (χ1) is 13.0. The van der Waals surface area contributed by atoms with Gasteiger partial charge in [-0.2, -0.15) is 0 Å². The van der Waals surface area contributed by atoms with Crippen molar-refractivity contribution in [2.24, 2.45) is 0 Å². The van der Waals surface area contributed by atoms with Crippen molar-refractivity contribution < 1.29 is 4.79 Å². The lowest BCUT2D eigenvalue weighted by atomic mass is 9.97. The summed E-state index contributed by atoms with van der Waals surface area (Å²) in [6.45, 7) is 9.03. The van der Waals surface area contributed by atoms with Crippen molar-refractivity contribution in [2.75, 3.05) is 0 Å². The highest BCUT2D eigenvalue weighted by Gasteiger charge is 2.16. The number of rotatable bonds is 6. The lowest BCUT2D eigenvalue weighted by Gasteiger charge is -2.20. The fraction of sp³-hybridized carbons (Fsp3) is 0.304. The predicted molar refractivity (Wildman–Crippen MR) is 109 cm³/mol. The zero-order valence-electron chi connectivity index (χ0n) is 16.5. The van der Waals surface area contributed by atoms with E-state index in [0.29, 0.717) is 5.56 Å². The molecule has 3 rings (SSSR count). The first-order valence-electron chi connectivity index (χ1n) is 9.42. The van der Waals surface area contributed by atoms with Crippen molar-refractivity contribution in [3.8, 4) is 0 Å². The zero-order valence-corrected chi connectivity index (χ0v) is 16.5. The Bertz CT molecular complexity index is 925. The Morgan fingerprint density at radius 2 is 1.85 bits per heavy atom. The summed E-state index contributed by atoms with van der Waals surface area (Å²) in [5, 5.41) is 3.18. The van der Waals surface area contributed by atoms with Crippen molar-refractivity contribution in [3.63, 3.8) is 0 Å². The van der Waals surface area contributed by atoms with Crippen molar-refractivity contribution in [3.05, 3.63) is 88.5 Å². The van der Waals surface area contributed by atoms with Crippen LogP contribution in [-0.4, -0.2) is 15.5 Å². The number of aryl methyl sites for hydroxylation is 3. The molecule has 0 aliphatic carbocycles. The van der Waals surface area contributed by atoms with Crippen LogP contribution in [0.25, 0.3) is 0 Å². The van der Waals surface area contributed by atoms with Crippen LogP contribution in [0.3, 0.4) is 0 Å². The summed E-state index contributed by atoms with van der Waals surface area (Å²) in [6, 6.07) is 14.2. The monoisotopic (exact) mass is 361 g/mol. The second-order valence-electron chi connectivity index (χ2n) is 7.09. The first-order valence-corrected chi connectivity index (χ1v) is 9.42. The topological polar surface area (TPSA) is 46.9 Å².